The van der Waals surface area contributed by atoms with Gasteiger partial charge in [0, 0.05) is 18.2 Å². The summed E-state index contributed by atoms with van der Waals surface area (Å²) in [5, 5.41) is 6.41. The highest BCUT2D eigenvalue weighted by atomic mass is 19.4. The van der Waals surface area contributed by atoms with Crippen LogP contribution in [-0.2, 0) is 17.9 Å². The average Bonchev–Trinajstić information content (AvgIpc) is 3.16. The Bertz CT molecular complexity index is 968. The molecule has 0 saturated heterocycles. The van der Waals surface area contributed by atoms with Gasteiger partial charge in [0.15, 0.2) is 0 Å². The molecule has 29 heavy (non-hydrogen) atoms. The monoisotopic (exact) mass is 408 g/mol. The number of aromatic nitrogens is 1. The lowest BCUT2D eigenvalue weighted by Crippen LogP contribution is -2.22. The summed E-state index contributed by atoms with van der Waals surface area (Å²) in [4.78, 5) is 12.2. The minimum absolute atomic E-state index is 0.0265. The maximum absolute atomic E-state index is 13.3. The van der Waals surface area contributed by atoms with Crippen LogP contribution in [0.1, 0.15) is 21.7 Å². The van der Waals surface area contributed by atoms with Gasteiger partial charge in [-0.3, -0.25) is 4.79 Å². The van der Waals surface area contributed by atoms with Crippen molar-refractivity contribution >= 4 is 5.91 Å². The molecule has 0 aliphatic carbocycles. The molecule has 0 aliphatic heterocycles. The highest BCUT2D eigenvalue weighted by molar-refractivity contribution is 5.92. The fourth-order valence-corrected chi connectivity index (χ4v) is 2.47. The molecule has 3 aromatic rings. The van der Waals surface area contributed by atoms with Crippen molar-refractivity contribution in [3.8, 4) is 11.3 Å². The van der Waals surface area contributed by atoms with Crippen molar-refractivity contribution in [3.05, 3.63) is 77.3 Å². The molecule has 1 heterocycles. The molecule has 152 valence electrons. The predicted octanol–water partition coefficient (Wildman–Crippen LogP) is 4.49. The second-order valence-electron chi connectivity index (χ2n) is 6.19. The number of nitrogens with zero attached hydrogens (tertiary/aromatic N) is 1. The van der Waals surface area contributed by atoms with Gasteiger partial charge >= 0.3 is 6.18 Å². The van der Waals surface area contributed by atoms with Crippen LogP contribution >= 0.6 is 0 Å². The van der Waals surface area contributed by atoms with Gasteiger partial charge in [0.1, 0.15) is 18.1 Å². The minimum atomic E-state index is -4.36. The van der Waals surface area contributed by atoms with Crippen LogP contribution < -0.4 is 5.32 Å². The predicted molar refractivity (Wildman–Crippen MR) is 95.2 cm³/mol. The van der Waals surface area contributed by atoms with E-state index in [1.54, 1.807) is 30.3 Å². The van der Waals surface area contributed by atoms with E-state index in [1.807, 2.05) is 0 Å². The molecule has 3 rings (SSSR count). The van der Waals surface area contributed by atoms with E-state index >= 15 is 0 Å². The Hall–Kier alpha value is -3.20. The van der Waals surface area contributed by atoms with Crippen LogP contribution in [0.3, 0.4) is 0 Å². The molecule has 0 spiro atoms. The number of carbonyl (C=O) groups excluding carboxylic acids is 1. The lowest BCUT2D eigenvalue weighted by Gasteiger charge is -2.08. The summed E-state index contributed by atoms with van der Waals surface area (Å²) < 4.78 is 59.1. The lowest BCUT2D eigenvalue weighted by atomic mass is 10.1. The molecule has 0 aliphatic rings. The van der Waals surface area contributed by atoms with Crippen molar-refractivity contribution in [2.75, 3.05) is 6.61 Å². The highest BCUT2D eigenvalue weighted by Gasteiger charge is 2.27. The van der Waals surface area contributed by atoms with Crippen molar-refractivity contribution in [2.45, 2.75) is 19.3 Å². The van der Waals surface area contributed by atoms with E-state index in [2.05, 4.69) is 15.2 Å². The number of rotatable bonds is 7. The largest absolute Gasteiger partial charge is 0.411 e. The number of nitrogens with one attached hydrogen (secondary N) is 1. The normalized spacial score (nSPS) is 11.4. The van der Waals surface area contributed by atoms with Gasteiger partial charge in [0.2, 0.25) is 5.76 Å². The molecule has 2 aromatic carbocycles. The summed E-state index contributed by atoms with van der Waals surface area (Å²) in [7, 11) is 0. The fraction of sp³-hybridized carbons (Fsp3) is 0.200. The molecule has 1 N–H and O–H groups in total. The fourth-order valence-electron chi connectivity index (χ4n) is 2.47. The third kappa shape index (κ3) is 6.15. The third-order valence-corrected chi connectivity index (χ3v) is 3.86. The van der Waals surface area contributed by atoms with E-state index in [1.165, 1.54) is 24.3 Å². The SMILES string of the molecule is O=C(NCc1ccc(COCC(F)(F)F)cc1)c1cc(-c2cccc(F)c2)no1. The van der Waals surface area contributed by atoms with Gasteiger partial charge in [-0.15, -0.1) is 0 Å². The summed E-state index contributed by atoms with van der Waals surface area (Å²) in [6.07, 6.45) is -4.36. The zero-order chi connectivity index (χ0) is 20.9. The number of hydrogen-bond acceptors (Lipinski definition) is 4. The van der Waals surface area contributed by atoms with Gasteiger partial charge in [0.05, 0.1) is 6.61 Å². The van der Waals surface area contributed by atoms with Crippen LogP contribution in [0.2, 0.25) is 0 Å². The standard InChI is InChI=1S/C20H16F4N2O3/c21-16-3-1-2-15(8-16)17-9-18(29-26-17)19(27)25-10-13-4-6-14(7-5-13)11-28-12-20(22,23)24/h1-9H,10-12H2,(H,25,27). The molecule has 0 fully saturated rings. The molecule has 0 unspecified atom stereocenters. The minimum Gasteiger partial charge on any atom is -0.367 e. The van der Waals surface area contributed by atoms with Crippen molar-refractivity contribution < 1.29 is 31.6 Å². The first kappa shape index (κ1) is 20.5. The zero-order valence-corrected chi connectivity index (χ0v) is 15.0. The maximum atomic E-state index is 13.3. The molecule has 1 amide bonds. The van der Waals surface area contributed by atoms with Crippen molar-refractivity contribution in [1.82, 2.24) is 10.5 Å². The molecule has 1 aromatic heterocycles. The molecular formula is C20H16F4N2O3. The molecule has 0 saturated carbocycles. The summed E-state index contributed by atoms with van der Waals surface area (Å²) in [5.74, 6) is -0.956. The maximum Gasteiger partial charge on any atom is 0.411 e. The Morgan fingerprint density at radius 1 is 1.07 bits per heavy atom. The van der Waals surface area contributed by atoms with Crippen LogP contribution in [0.25, 0.3) is 11.3 Å². The van der Waals surface area contributed by atoms with Gasteiger partial charge < -0.3 is 14.6 Å². The van der Waals surface area contributed by atoms with E-state index in [-0.39, 0.29) is 18.9 Å². The van der Waals surface area contributed by atoms with Crippen LogP contribution in [-0.4, -0.2) is 23.8 Å². The van der Waals surface area contributed by atoms with E-state index in [0.717, 1.165) is 5.56 Å². The van der Waals surface area contributed by atoms with Gasteiger partial charge in [-0.1, -0.05) is 41.6 Å². The van der Waals surface area contributed by atoms with Crippen LogP contribution in [0.4, 0.5) is 17.6 Å². The van der Waals surface area contributed by atoms with E-state index in [9.17, 15) is 22.4 Å². The molecule has 0 bridgehead atoms. The first-order valence-corrected chi connectivity index (χ1v) is 8.53. The Labute approximate surface area is 163 Å². The van der Waals surface area contributed by atoms with Crippen molar-refractivity contribution in [3.63, 3.8) is 0 Å². The number of amides is 1. The molecule has 0 radical (unpaired) electrons. The Balaban J connectivity index is 1.52. The van der Waals surface area contributed by atoms with Crippen molar-refractivity contribution in [1.29, 1.82) is 0 Å². The first-order chi connectivity index (χ1) is 13.8. The Morgan fingerprint density at radius 3 is 2.48 bits per heavy atom. The zero-order valence-electron chi connectivity index (χ0n) is 15.0. The van der Waals surface area contributed by atoms with E-state index < -0.39 is 24.5 Å². The topological polar surface area (TPSA) is 64.4 Å². The Kier molecular flexibility index (Phi) is 6.28. The molecule has 0 atom stereocenters. The number of benzene rings is 2. The summed E-state index contributed by atoms with van der Waals surface area (Å²) in [6.45, 7) is -1.29. The third-order valence-electron chi connectivity index (χ3n) is 3.86. The number of alkyl halides is 3. The van der Waals surface area contributed by atoms with Gasteiger partial charge in [0.25, 0.3) is 5.91 Å². The number of ether oxygens (including phenoxy) is 1. The van der Waals surface area contributed by atoms with Gasteiger partial charge in [-0.05, 0) is 23.3 Å². The summed E-state index contributed by atoms with van der Waals surface area (Å²) >= 11 is 0. The van der Waals surface area contributed by atoms with Crippen LogP contribution in [0, 0.1) is 5.82 Å². The summed E-state index contributed by atoms with van der Waals surface area (Å²) in [6, 6.07) is 13.7. The molecule has 5 nitrogen and oxygen atoms in total. The smallest absolute Gasteiger partial charge is 0.367 e. The number of halogens is 4. The molecular weight excluding hydrogens is 392 g/mol. The number of carbonyl (C=O) groups is 1. The second kappa shape index (κ2) is 8.87. The average molecular weight is 408 g/mol. The van der Waals surface area contributed by atoms with Gasteiger partial charge in [-0.25, -0.2) is 4.39 Å². The summed E-state index contributed by atoms with van der Waals surface area (Å²) in [5.41, 5.74) is 2.14. The lowest BCUT2D eigenvalue weighted by molar-refractivity contribution is -0.176. The van der Waals surface area contributed by atoms with E-state index in [0.29, 0.717) is 16.8 Å². The highest BCUT2D eigenvalue weighted by Crippen LogP contribution is 2.20. The second-order valence-corrected chi connectivity index (χ2v) is 6.19. The Morgan fingerprint density at radius 2 is 1.79 bits per heavy atom. The van der Waals surface area contributed by atoms with Crippen LogP contribution in [0.5, 0.6) is 0 Å². The number of hydrogen-bond donors (Lipinski definition) is 1. The van der Waals surface area contributed by atoms with Crippen molar-refractivity contribution in [2.24, 2.45) is 0 Å². The molecule has 9 heteroatoms. The van der Waals surface area contributed by atoms with Gasteiger partial charge in [-0.2, -0.15) is 13.2 Å². The quantitative estimate of drug-likeness (QED) is 0.585. The van der Waals surface area contributed by atoms with E-state index in [4.69, 9.17) is 4.52 Å². The first-order valence-electron chi connectivity index (χ1n) is 8.53. The van der Waals surface area contributed by atoms with Crippen LogP contribution in [0.15, 0.2) is 59.1 Å².